The first kappa shape index (κ1) is 15.5. The van der Waals surface area contributed by atoms with Gasteiger partial charge in [-0.2, -0.15) is 0 Å². The Kier molecular flexibility index (Phi) is 4.08. The topological polar surface area (TPSA) is 46.4 Å². The zero-order valence-corrected chi connectivity index (χ0v) is 13.5. The molecular formula is C17H24N2O2. The molecule has 1 aromatic carbocycles. The van der Waals surface area contributed by atoms with Crippen LogP contribution in [0.25, 0.3) is 6.08 Å². The van der Waals surface area contributed by atoms with Crippen LogP contribution >= 0.6 is 0 Å². The van der Waals surface area contributed by atoms with E-state index in [2.05, 4.69) is 44.7 Å². The van der Waals surface area contributed by atoms with Gasteiger partial charge >= 0.3 is 0 Å². The predicted octanol–water partition coefficient (Wildman–Crippen LogP) is 4.35. The van der Waals surface area contributed by atoms with Crippen LogP contribution in [-0.4, -0.2) is 17.0 Å². The highest BCUT2D eigenvalue weighted by Crippen LogP contribution is 2.44. The van der Waals surface area contributed by atoms with Crippen molar-refractivity contribution in [2.75, 3.05) is 11.4 Å². The van der Waals surface area contributed by atoms with Crippen LogP contribution in [0.1, 0.15) is 56.7 Å². The molecular weight excluding hydrogens is 264 g/mol. The summed E-state index contributed by atoms with van der Waals surface area (Å²) in [7, 11) is 0. The number of nitro groups is 1. The van der Waals surface area contributed by atoms with E-state index in [1.807, 2.05) is 6.92 Å². The molecule has 1 aliphatic heterocycles. The highest BCUT2D eigenvalue weighted by molar-refractivity contribution is 5.67. The van der Waals surface area contributed by atoms with Gasteiger partial charge in [-0.3, -0.25) is 10.1 Å². The predicted molar refractivity (Wildman–Crippen MR) is 87.3 cm³/mol. The van der Waals surface area contributed by atoms with Crippen LogP contribution in [0.15, 0.2) is 18.3 Å². The maximum absolute atomic E-state index is 10.5. The lowest BCUT2D eigenvalue weighted by Gasteiger charge is -2.47. The summed E-state index contributed by atoms with van der Waals surface area (Å²) in [5, 5.41) is 10.5. The van der Waals surface area contributed by atoms with Gasteiger partial charge in [0.15, 0.2) is 0 Å². The summed E-state index contributed by atoms with van der Waals surface area (Å²) < 4.78 is 0. The van der Waals surface area contributed by atoms with Gasteiger partial charge in [-0.1, -0.05) is 6.92 Å². The lowest BCUT2D eigenvalue weighted by Crippen LogP contribution is -2.48. The summed E-state index contributed by atoms with van der Waals surface area (Å²) in [5.41, 5.74) is 4.73. The molecule has 4 nitrogen and oxygen atoms in total. The van der Waals surface area contributed by atoms with Crippen LogP contribution in [0, 0.1) is 17.0 Å². The van der Waals surface area contributed by atoms with E-state index in [0.717, 1.165) is 30.3 Å². The number of rotatable bonds is 3. The largest absolute Gasteiger partial charge is 0.366 e. The molecule has 0 saturated carbocycles. The molecule has 21 heavy (non-hydrogen) atoms. The highest BCUT2D eigenvalue weighted by atomic mass is 16.6. The van der Waals surface area contributed by atoms with Crippen molar-refractivity contribution < 1.29 is 4.92 Å². The molecule has 0 N–H and O–H groups in total. The Bertz CT molecular complexity index is 591. The van der Waals surface area contributed by atoms with E-state index in [1.165, 1.54) is 11.3 Å². The third kappa shape index (κ3) is 2.94. The molecule has 0 amide bonds. The van der Waals surface area contributed by atoms with Crippen molar-refractivity contribution in [3.63, 3.8) is 0 Å². The first-order chi connectivity index (χ1) is 9.76. The van der Waals surface area contributed by atoms with Crippen LogP contribution in [0.4, 0.5) is 5.69 Å². The molecule has 1 aromatic rings. The molecule has 2 rings (SSSR count). The Morgan fingerprint density at radius 2 is 2.14 bits per heavy atom. The average molecular weight is 288 g/mol. The van der Waals surface area contributed by atoms with Crippen molar-refractivity contribution >= 4 is 11.8 Å². The number of hydrogen-bond donors (Lipinski definition) is 0. The van der Waals surface area contributed by atoms with Crippen LogP contribution in [-0.2, 0) is 0 Å². The zero-order valence-electron chi connectivity index (χ0n) is 13.5. The smallest absolute Gasteiger partial charge is 0.235 e. The second kappa shape index (κ2) is 5.51. The van der Waals surface area contributed by atoms with Gasteiger partial charge in [0.1, 0.15) is 0 Å². The van der Waals surface area contributed by atoms with Crippen molar-refractivity contribution in [1.82, 2.24) is 0 Å². The molecule has 0 fully saturated rings. The molecule has 0 radical (unpaired) electrons. The lowest BCUT2D eigenvalue weighted by atomic mass is 9.79. The molecule has 0 bridgehead atoms. The summed E-state index contributed by atoms with van der Waals surface area (Å²) in [6, 6.07) is 4.29. The molecule has 0 aromatic heterocycles. The number of fused-ring (bicyclic) bond motifs is 1. The van der Waals surface area contributed by atoms with Crippen molar-refractivity contribution in [3.05, 3.63) is 45.1 Å². The van der Waals surface area contributed by atoms with Gasteiger partial charge in [0.05, 0.1) is 4.92 Å². The monoisotopic (exact) mass is 288 g/mol. The number of nitrogens with zero attached hydrogens (tertiary/aromatic N) is 2. The third-order valence-corrected chi connectivity index (χ3v) is 4.47. The molecule has 4 heteroatoms. The molecule has 0 spiro atoms. The fourth-order valence-electron chi connectivity index (χ4n) is 3.57. The van der Waals surface area contributed by atoms with E-state index >= 15 is 0 Å². The van der Waals surface area contributed by atoms with Gasteiger partial charge in [-0.25, -0.2) is 0 Å². The van der Waals surface area contributed by atoms with Gasteiger partial charge in [-0.05, 0) is 68.9 Å². The average Bonchev–Trinajstić information content (AvgIpc) is 2.36. The van der Waals surface area contributed by atoms with Crippen LogP contribution in [0.3, 0.4) is 0 Å². The van der Waals surface area contributed by atoms with Gasteiger partial charge in [0, 0.05) is 23.8 Å². The third-order valence-electron chi connectivity index (χ3n) is 4.47. The quantitative estimate of drug-likeness (QED) is 0.613. The van der Waals surface area contributed by atoms with Crippen molar-refractivity contribution in [2.24, 2.45) is 0 Å². The molecule has 1 aliphatic rings. The lowest BCUT2D eigenvalue weighted by molar-refractivity contribution is -0.400. The summed E-state index contributed by atoms with van der Waals surface area (Å²) >= 11 is 0. The maximum Gasteiger partial charge on any atom is 0.235 e. The minimum absolute atomic E-state index is 0.145. The second-order valence-corrected chi connectivity index (χ2v) is 6.53. The SMILES string of the molecule is CCN1c2cc(C)c(/C=C\[N+](=O)[O-])cc2[C@H](C)CC1(C)C. The molecule has 1 atom stereocenters. The van der Waals surface area contributed by atoms with Gasteiger partial charge in [0.2, 0.25) is 6.20 Å². The molecule has 0 aliphatic carbocycles. The highest BCUT2D eigenvalue weighted by Gasteiger charge is 2.35. The Morgan fingerprint density at radius 3 is 2.71 bits per heavy atom. The standard InChI is InChI=1S/C17H24N2O2/c1-6-18-16-9-12(2)14(7-8-19(20)21)10-15(16)13(3)11-17(18,4)5/h7-10,13H,6,11H2,1-5H3/b8-7-/t13-/m1/s1. The van der Waals surface area contributed by atoms with Crippen LogP contribution in [0.2, 0.25) is 0 Å². The first-order valence-corrected chi connectivity index (χ1v) is 7.50. The number of benzene rings is 1. The number of anilines is 1. The Balaban J connectivity index is 2.54. The van der Waals surface area contributed by atoms with E-state index in [0.29, 0.717) is 5.92 Å². The van der Waals surface area contributed by atoms with Crippen molar-refractivity contribution in [2.45, 2.75) is 52.5 Å². The normalized spacial score (nSPS) is 20.6. The minimum atomic E-state index is -0.413. The van der Waals surface area contributed by atoms with Crippen molar-refractivity contribution in [1.29, 1.82) is 0 Å². The van der Waals surface area contributed by atoms with E-state index in [4.69, 9.17) is 0 Å². The van der Waals surface area contributed by atoms with Gasteiger partial charge < -0.3 is 4.90 Å². The Labute approximate surface area is 126 Å². The molecule has 1 heterocycles. The van der Waals surface area contributed by atoms with E-state index < -0.39 is 4.92 Å². The second-order valence-electron chi connectivity index (χ2n) is 6.53. The van der Waals surface area contributed by atoms with Crippen LogP contribution in [0.5, 0.6) is 0 Å². The fourth-order valence-corrected chi connectivity index (χ4v) is 3.57. The summed E-state index contributed by atoms with van der Waals surface area (Å²) in [4.78, 5) is 12.6. The van der Waals surface area contributed by atoms with Gasteiger partial charge in [0.25, 0.3) is 0 Å². The first-order valence-electron chi connectivity index (χ1n) is 7.50. The number of aryl methyl sites for hydroxylation is 1. The van der Waals surface area contributed by atoms with Gasteiger partial charge in [-0.15, -0.1) is 0 Å². The number of hydrogen-bond acceptors (Lipinski definition) is 3. The Morgan fingerprint density at radius 1 is 1.48 bits per heavy atom. The zero-order chi connectivity index (χ0) is 15.8. The molecule has 0 unspecified atom stereocenters. The fraction of sp³-hybridized carbons (Fsp3) is 0.529. The van der Waals surface area contributed by atoms with Crippen LogP contribution < -0.4 is 4.90 Å². The molecule has 0 saturated heterocycles. The summed E-state index contributed by atoms with van der Waals surface area (Å²) in [5.74, 6) is 0.459. The maximum atomic E-state index is 10.5. The van der Waals surface area contributed by atoms with E-state index in [9.17, 15) is 10.1 Å². The molecule has 114 valence electrons. The van der Waals surface area contributed by atoms with E-state index in [-0.39, 0.29) is 5.54 Å². The Hall–Kier alpha value is -1.84. The summed E-state index contributed by atoms with van der Waals surface area (Å²) in [6.07, 6.45) is 3.71. The summed E-state index contributed by atoms with van der Waals surface area (Å²) in [6.45, 7) is 12.0. The van der Waals surface area contributed by atoms with E-state index in [1.54, 1.807) is 6.08 Å². The van der Waals surface area contributed by atoms with Crippen molar-refractivity contribution in [3.8, 4) is 0 Å². The minimum Gasteiger partial charge on any atom is -0.366 e.